The Morgan fingerprint density at radius 1 is 0.308 bits per heavy atom. The van der Waals surface area contributed by atoms with Crippen LogP contribution in [-0.2, 0) is 28.8 Å². The van der Waals surface area contributed by atoms with Gasteiger partial charge in [0.1, 0.15) is 0 Å². The van der Waals surface area contributed by atoms with E-state index in [1.807, 2.05) is 0 Å². The third kappa shape index (κ3) is 89.0. The topological polar surface area (TPSA) is 430 Å². The summed E-state index contributed by atoms with van der Waals surface area (Å²) in [7, 11) is 0. The van der Waals surface area contributed by atoms with E-state index in [-0.39, 0.29) is 132 Å². The van der Waals surface area contributed by atoms with E-state index in [1.54, 1.807) is 0 Å². The van der Waals surface area contributed by atoms with E-state index in [1.165, 1.54) is 0 Å². The molecule has 0 aliphatic carbocycles. The van der Waals surface area contributed by atoms with Gasteiger partial charge in [-0.05, 0) is 0 Å². The Bertz CT molecular complexity index is 285. The predicted molar refractivity (Wildman–Crippen MR) is 51.7 cm³/mol. The number of hydrogen-bond acceptors (Lipinski definition) is 12. The van der Waals surface area contributed by atoms with Crippen LogP contribution in [0.3, 0.4) is 0 Å². The molecule has 18 nitrogen and oxygen atoms in total. The van der Waals surface area contributed by atoms with Gasteiger partial charge in [0.15, 0.2) is 0 Å². The molecule has 0 aliphatic rings. The zero-order valence-corrected chi connectivity index (χ0v) is 16.5. The molecule has 0 amide bonds. The maximum absolute atomic E-state index is 8.93. The van der Waals surface area contributed by atoms with Gasteiger partial charge >= 0.3 is 98.8 Å². The Morgan fingerprint density at radius 3 is 0.346 bits per heavy atom. The molecule has 12 N–H and O–H groups in total. The van der Waals surface area contributed by atoms with Crippen molar-refractivity contribution < 1.29 is 191 Å². The number of carboxylic acid groups (broad SMARTS) is 6. The molecule has 0 aromatic rings. The second kappa shape index (κ2) is 44.3. The molecule has 0 fully saturated rings. The van der Waals surface area contributed by atoms with E-state index in [2.05, 4.69) is 0 Å². The molecule has 0 spiro atoms. The average molecular weight is 676 g/mol. The van der Waals surface area contributed by atoms with E-state index >= 15 is 0 Å². The zero-order chi connectivity index (χ0) is 15.5. The van der Waals surface area contributed by atoms with E-state index in [0.29, 0.717) is 0 Å². The third-order valence-corrected chi connectivity index (χ3v) is 0.500. The molecule has 0 aromatic heterocycles. The van der Waals surface area contributed by atoms with Crippen molar-refractivity contribution in [2.45, 2.75) is 0 Å². The molecular weight excluding hydrogens is 664 g/mol. The minimum Gasteiger partial charge on any atom is -0.543 e. The molecule has 158 valence electrons. The van der Waals surface area contributed by atoms with Crippen molar-refractivity contribution in [2.24, 2.45) is 0 Å². The van der Waals surface area contributed by atoms with Gasteiger partial charge in [0.25, 0.3) is 0 Å². The number of carbonyl (C=O) groups is 6. The van der Waals surface area contributed by atoms with Crippen molar-refractivity contribution in [1.82, 2.24) is 0 Å². The third-order valence-electron chi connectivity index (χ3n) is 0.500. The molecule has 0 unspecified atom stereocenters. The number of hydrogen-bond donors (Lipinski definition) is 0. The molecule has 26 heavy (non-hydrogen) atoms. The molecule has 0 saturated carbocycles. The van der Waals surface area contributed by atoms with Crippen LogP contribution in [0.1, 0.15) is 0 Å². The molecule has 0 rings (SSSR count). The van der Waals surface area contributed by atoms with E-state index in [0.717, 1.165) is 0 Å². The largest absolute Gasteiger partial charge is 3.00 e. The van der Waals surface area contributed by atoms with Crippen LogP contribution >= 0.6 is 0 Å². The predicted octanol–water partition coefficient (Wildman–Crippen LogP) is -15.5. The van der Waals surface area contributed by atoms with Gasteiger partial charge in [-0.2, -0.15) is 0 Å². The summed E-state index contributed by atoms with van der Waals surface area (Å²) in [5.41, 5.74) is 0. The fourth-order valence-electron chi connectivity index (χ4n) is 0. The summed E-state index contributed by atoms with van der Waals surface area (Å²) in [6, 6.07) is 0. The van der Waals surface area contributed by atoms with Crippen molar-refractivity contribution in [3.8, 4) is 0 Å². The Balaban J connectivity index is -0.0000000125. The van der Waals surface area contributed by atoms with Crippen LogP contribution in [0.2, 0.25) is 0 Å². The van der Waals surface area contributed by atoms with Crippen LogP contribution in [0.15, 0.2) is 0 Å². The smallest absolute Gasteiger partial charge is 0.543 e. The molecule has 0 aliphatic heterocycles. The SMILES string of the molecule is O.O.O.O.O.O.O=C([O-])C(=O)[O-].O=C([O-])C(=O)[O-].O=C([O-])C(=O)[O-].[Eu+3].[Eu+3]. The minimum atomic E-state index is -2.19. The fourth-order valence-corrected chi connectivity index (χ4v) is 0. The van der Waals surface area contributed by atoms with Crippen LogP contribution in [-0.4, -0.2) is 68.7 Å². The first kappa shape index (κ1) is 72.5. The van der Waals surface area contributed by atoms with E-state index in [9.17, 15) is 0 Å². The summed E-state index contributed by atoms with van der Waals surface area (Å²) >= 11 is 0. The maximum atomic E-state index is 8.93. The summed E-state index contributed by atoms with van der Waals surface area (Å²) in [6.07, 6.45) is 0. The van der Waals surface area contributed by atoms with Gasteiger partial charge < -0.3 is 92.3 Å². The number of aliphatic carboxylic acids is 6. The van der Waals surface area contributed by atoms with Gasteiger partial charge in [0.05, 0.1) is 35.8 Å². The Labute approximate surface area is 223 Å². The number of carboxylic acids is 6. The molecule has 0 bridgehead atoms. The minimum absolute atomic E-state index is 0. The second-order valence-corrected chi connectivity index (χ2v) is 1.72. The van der Waals surface area contributed by atoms with Crippen molar-refractivity contribution >= 4 is 35.8 Å². The summed E-state index contributed by atoms with van der Waals surface area (Å²) < 4.78 is 0. The summed E-state index contributed by atoms with van der Waals surface area (Å²) in [5.74, 6) is -13.1. The molecule has 20 heteroatoms. The van der Waals surface area contributed by atoms with Gasteiger partial charge in [-0.1, -0.05) is 0 Å². The van der Waals surface area contributed by atoms with Crippen molar-refractivity contribution in [1.29, 1.82) is 0 Å². The zero-order valence-electron chi connectivity index (χ0n) is 11.7. The Hall–Kier alpha value is -0.251. The Kier molecular flexibility index (Phi) is 124. The van der Waals surface area contributed by atoms with Crippen LogP contribution in [0.5, 0.6) is 0 Å². The van der Waals surface area contributed by atoms with Gasteiger partial charge in [0.2, 0.25) is 0 Å². The quantitative estimate of drug-likeness (QED) is 0.216. The normalized spacial score (nSPS) is 5.08. The molecule has 0 atom stereocenters. The van der Waals surface area contributed by atoms with E-state index < -0.39 is 35.8 Å². The summed E-state index contributed by atoms with van der Waals surface area (Å²) in [4.78, 5) is 53.6. The molecular formula is C6H12Eu2O18. The monoisotopic (exact) mass is 678 g/mol. The number of rotatable bonds is 0. The van der Waals surface area contributed by atoms with Crippen LogP contribution in [0.4, 0.5) is 0 Å². The fraction of sp³-hybridized carbons (Fsp3) is 0. The van der Waals surface area contributed by atoms with Crippen LogP contribution < -0.4 is 30.6 Å². The second-order valence-electron chi connectivity index (χ2n) is 1.72. The van der Waals surface area contributed by atoms with Gasteiger partial charge in [0, 0.05) is 0 Å². The molecule has 0 heterocycles. The van der Waals surface area contributed by atoms with Gasteiger partial charge in [-0.15, -0.1) is 0 Å². The molecule has 0 saturated heterocycles. The Morgan fingerprint density at radius 2 is 0.346 bits per heavy atom. The summed E-state index contributed by atoms with van der Waals surface area (Å²) in [5, 5.41) is 53.6. The average Bonchev–Trinajstić information content (AvgIpc) is 2.18. The molecule has 0 aromatic carbocycles. The van der Waals surface area contributed by atoms with Crippen LogP contribution in [0.25, 0.3) is 0 Å². The first-order valence-electron chi connectivity index (χ1n) is 3.20. The van der Waals surface area contributed by atoms with Crippen molar-refractivity contribution in [3.63, 3.8) is 0 Å². The van der Waals surface area contributed by atoms with Crippen molar-refractivity contribution in [2.75, 3.05) is 0 Å². The first-order valence-corrected chi connectivity index (χ1v) is 3.20. The van der Waals surface area contributed by atoms with Gasteiger partial charge in [-0.25, -0.2) is 0 Å². The van der Waals surface area contributed by atoms with Crippen molar-refractivity contribution in [3.05, 3.63) is 0 Å². The first-order chi connectivity index (χ1) is 7.93. The number of carbonyl (C=O) groups excluding carboxylic acids is 6. The van der Waals surface area contributed by atoms with E-state index in [4.69, 9.17) is 59.4 Å². The molecule has 0 radical (unpaired) electrons. The standard InChI is InChI=1S/3C2H2O4.2Eu.6H2O/c3*3-1(4)2(5)6;;;;;;;;/h3*(H,3,4)(H,5,6);;;6*1H2/q;;;2*+3;;;;;;/p-6. The van der Waals surface area contributed by atoms with Crippen LogP contribution in [0, 0.1) is 98.8 Å². The summed E-state index contributed by atoms with van der Waals surface area (Å²) in [6.45, 7) is 0. The maximum Gasteiger partial charge on any atom is 3.00 e. The van der Waals surface area contributed by atoms with Gasteiger partial charge in [-0.3, -0.25) is 0 Å².